The molecule has 0 bridgehead atoms. The fraction of sp³-hybridized carbons (Fsp3) is 0.0952. The second-order valence-electron chi connectivity index (χ2n) is 6.25. The molecule has 3 aromatic carbocycles. The molecule has 0 heterocycles. The molecule has 0 unspecified atom stereocenters. The van der Waals surface area contributed by atoms with E-state index in [1.807, 2.05) is 12.1 Å². The van der Waals surface area contributed by atoms with Crippen LogP contribution < -0.4 is 21.1 Å². The van der Waals surface area contributed by atoms with Crippen LogP contribution in [0.15, 0.2) is 66.7 Å². The van der Waals surface area contributed by atoms with Crippen molar-refractivity contribution in [3.8, 4) is 11.5 Å². The Bertz CT molecular complexity index is 1020. The fourth-order valence-electron chi connectivity index (χ4n) is 2.52. The van der Waals surface area contributed by atoms with Gasteiger partial charge in [0.2, 0.25) is 0 Å². The van der Waals surface area contributed by atoms with E-state index in [9.17, 15) is 22.4 Å². The molecule has 5 nitrogen and oxygen atoms in total. The number of ether oxygens (including phenoxy) is 1. The summed E-state index contributed by atoms with van der Waals surface area (Å²) in [6, 6.07) is 14.3. The molecule has 0 saturated heterocycles. The summed E-state index contributed by atoms with van der Waals surface area (Å²) in [4.78, 5) is 12.0. The molecule has 2 amide bonds. The first-order valence-corrected chi connectivity index (χ1v) is 8.76. The van der Waals surface area contributed by atoms with Crippen molar-refractivity contribution in [2.24, 2.45) is 5.73 Å². The SMILES string of the molecule is NCc1ccc(Oc2ccc(NC(=O)Nc3cc(C(F)(F)F)ccc3F)cc2)cc1. The molecule has 9 heteroatoms. The number of amides is 2. The Morgan fingerprint density at radius 2 is 1.50 bits per heavy atom. The summed E-state index contributed by atoms with van der Waals surface area (Å²) < 4.78 is 57.6. The monoisotopic (exact) mass is 419 g/mol. The van der Waals surface area contributed by atoms with E-state index in [-0.39, 0.29) is 0 Å². The molecule has 0 atom stereocenters. The number of urea groups is 1. The van der Waals surface area contributed by atoms with E-state index in [2.05, 4.69) is 10.6 Å². The van der Waals surface area contributed by atoms with E-state index in [4.69, 9.17) is 10.5 Å². The minimum Gasteiger partial charge on any atom is -0.457 e. The van der Waals surface area contributed by atoms with Crippen LogP contribution in [0.5, 0.6) is 11.5 Å². The first-order chi connectivity index (χ1) is 14.2. The van der Waals surface area contributed by atoms with E-state index in [0.29, 0.717) is 41.9 Å². The number of anilines is 2. The zero-order chi connectivity index (χ0) is 21.7. The molecule has 0 aromatic heterocycles. The Labute approximate surface area is 169 Å². The average molecular weight is 419 g/mol. The Hall–Kier alpha value is -3.59. The van der Waals surface area contributed by atoms with E-state index in [0.717, 1.165) is 5.56 Å². The van der Waals surface area contributed by atoms with Gasteiger partial charge in [-0.2, -0.15) is 13.2 Å². The van der Waals surface area contributed by atoms with E-state index >= 15 is 0 Å². The molecule has 156 valence electrons. The van der Waals surface area contributed by atoms with Crippen LogP contribution in [0.4, 0.5) is 33.7 Å². The van der Waals surface area contributed by atoms with E-state index < -0.39 is 29.3 Å². The molecule has 0 fully saturated rings. The van der Waals surface area contributed by atoms with Gasteiger partial charge < -0.3 is 21.1 Å². The van der Waals surface area contributed by atoms with Crippen molar-refractivity contribution in [1.82, 2.24) is 0 Å². The summed E-state index contributed by atoms with van der Waals surface area (Å²) in [6.45, 7) is 0.424. The fourth-order valence-corrected chi connectivity index (χ4v) is 2.52. The maximum atomic E-state index is 13.7. The summed E-state index contributed by atoms with van der Waals surface area (Å²) >= 11 is 0. The van der Waals surface area contributed by atoms with Crippen molar-refractivity contribution in [3.05, 3.63) is 83.7 Å². The molecule has 0 saturated carbocycles. The van der Waals surface area contributed by atoms with Gasteiger partial charge in [0.1, 0.15) is 17.3 Å². The predicted molar refractivity (Wildman–Crippen MR) is 105 cm³/mol. The number of benzene rings is 3. The van der Waals surface area contributed by atoms with Crippen molar-refractivity contribution >= 4 is 17.4 Å². The van der Waals surface area contributed by atoms with Gasteiger partial charge in [-0.1, -0.05) is 12.1 Å². The van der Waals surface area contributed by atoms with Crippen molar-refractivity contribution in [3.63, 3.8) is 0 Å². The Balaban J connectivity index is 1.62. The van der Waals surface area contributed by atoms with Gasteiger partial charge in [-0.3, -0.25) is 0 Å². The molecule has 3 rings (SSSR count). The number of hydrogen-bond donors (Lipinski definition) is 3. The molecule has 30 heavy (non-hydrogen) atoms. The maximum absolute atomic E-state index is 13.7. The van der Waals surface area contributed by atoms with Gasteiger partial charge in [-0.05, 0) is 60.2 Å². The highest BCUT2D eigenvalue weighted by Crippen LogP contribution is 2.32. The smallest absolute Gasteiger partial charge is 0.416 e. The second-order valence-corrected chi connectivity index (χ2v) is 6.25. The number of carbonyl (C=O) groups is 1. The van der Waals surface area contributed by atoms with Crippen molar-refractivity contribution in [2.45, 2.75) is 12.7 Å². The third kappa shape index (κ3) is 5.48. The summed E-state index contributed by atoms with van der Waals surface area (Å²) in [7, 11) is 0. The summed E-state index contributed by atoms with van der Waals surface area (Å²) in [5, 5.41) is 4.48. The average Bonchev–Trinajstić information content (AvgIpc) is 2.71. The topological polar surface area (TPSA) is 76.4 Å². The molecule has 3 aromatic rings. The zero-order valence-corrected chi connectivity index (χ0v) is 15.5. The van der Waals surface area contributed by atoms with Gasteiger partial charge in [0.25, 0.3) is 0 Å². The van der Waals surface area contributed by atoms with Crippen molar-refractivity contribution in [1.29, 1.82) is 0 Å². The zero-order valence-electron chi connectivity index (χ0n) is 15.5. The van der Waals surface area contributed by atoms with E-state index in [1.54, 1.807) is 24.3 Å². The molecule has 0 aliphatic rings. The van der Waals surface area contributed by atoms with Crippen molar-refractivity contribution in [2.75, 3.05) is 10.6 Å². The quantitative estimate of drug-likeness (QED) is 0.462. The van der Waals surface area contributed by atoms with Crippen LogP contribution in [0, 0.1) is 5.82 Å². The molecular formula is C21H17F4N3O2. The Morgan fingerprint density at radius 3 is 2.07 bits per heavy atom. The predicted octanol–water partition coefficient (Wildman–Crippen LogP) is 5.74. The lowest BCUT2D eigenvalue weighted by atomic mass is 10.2. The minimum atomic E-state index is -4.65. The lowest BCUT2D eigenvalue weighted by Crippen LogP contribution is -2.20. The summed E-state index contributed by atoms with van der Waals surface area (Å²) in [5.41, 5.74) is 5.19. The van der Waals surface area contributed by atoms with Gasteiger partial charge in [0, 0.05) is 12.2 Å². The maximum Gasteiger partial charge on any atom is 0.416 e. The van der Waals surface area contributed by atoms with Gasteiger partial charge in [0.05, 0.1) is 11.3 Å². The highest BCUT2D eigenvalue weighted by molar-refractivity contribution is 5.99. The van der Waals surface area contributed by atoms with Crippen LogP contribution in [0.3, 0.4) is 0 Å². The highest BCUT2D eigenvalue weighted by atomic mass is 19.4. The molecular weight excluding hydrogens is 402 g/mol. The third-order valence-electron chi connectivity index (χ3n) is 4.05. The molecule has 4 N–H and O–H groups in total. The number of rotatable bonds is 5. The standard InChI is InChI=1S/C21H17F4N3O2/c22-18-10-3-14(21(23,24)25)11-19(18)28-20(29)27-15-4-8-17(9-5-15)30-16-6-1-13(12-26)2-7-16/h1-11H,12,26H2,(H2,27,28,29). The van der Waals surface area contributed by atoms with Crippen LogP contribution in [0.1, 0.15) is 11.1 Å². The molecule has 0 aliphatic carbocycles. The number of halogens is 4. The van der Waals surface area contributed by atoms with Gasteiger partial charge in [0.15, 0.2) is 0 Å². The van der Waals surface area contributed by atoms with Gasteiger partial charge in [-0.15, -0.1) is 0 Å². The third-order valence-corrected chi connectivity index (χ3v) is 4.05. The second kappa shape index (κ2) is 8.83. The first-order valence-electron chi connectivity index (χ1n) is 8.76. The minimum absolute atomic E-state index is 0.339. The van der Waals surface area contributed by atoms with E-state index in [1.165, 1.54) is 12.1 Å². The van der Waals surface area contributed by atoms with Crippen molar-refractivity contribution < 1.29 is 27.1 Å². The largest absolute Gasteiger partial charge is 0.457 e. The summed E-state index contributed by atoms with van der Waals surface area (Å²) in [5.74, 6) is 0.124. The van der Waals surface area contributed by atoms with Crippen LogP contribution >= 0.6 is 0 Å². The van der Waals surface area contributed by atoms with Crippen LogP contribution in [0.25, 0.3) is 0 Å². The Kier molecular flexibility index (Phi) is 6.22. The number of hydrogen-bond acceptors (Lipinski definition) is 3. The van der Waals surface area contributed by atoms with Crippen LogP contribution in [0.2, 0.25) is 0 Å². The van der Waals surface area contributed by atoms with Gasteiger partial charge in [-0.25, -0.2) is 9.18 Å². The molecule has 0 radical (unpaired) electrons. The number of carbonyl (C=O) groups excluding carboxylic acids is 1. The van der Waals surface area contributed by atoms with Gasteiger partial charge >= 0.3 is 12.2 Å². The molecule has 0 aliphatic heterocycles. The lowest BCUT2D eigenvalue weighted by molar-refractivity contribution is -0.137. The Morgan fingerprint density at radius 1 is 0.900 bits per heavy atom. The summed E-state index contributed by atoms with van der Waals surface area (Å²) in [6.07, 6.45) is -4.65. The lowest BCUT2D eigenvalue weighted by Gasteiger charge is -2.12. The molecule has 0 spiro atoms. The highest BCUT2D eigenvalue weighted by Gasteiger charge is 2.31. The number of alkyl halides is 3. The normalized spacial score (nSPS) is 11.1. The number of nitrogens with one attached hydrogen (secondary N) is 2. The van der Waals surface area contributed by atoms with Crippen LogP contribution in [-0.2, 0) is 12.7 Å². The first kappa shape index (κ1) is 21.1. The number of nitrogens with two attached hydrogens (primary N) is 1. The van der Waals surface area contributed by atoms with Crippen LogP contribution in [-0.4, -0.2) is 6.03 Å².